The average molecular weight is 356 g/mol. The standard InChI is InChI=1S/C16H16BrF2NO/c1-20-14(11-4-3-5-13(18)16(11)19)9-10-6-7-15(21-2)12(17)8-10/h3-8,14,20H,9H2,1-2H3. The number of likely N-dealkylation sites (N-methyl/N-ethyl adjacent to an activating group) is 1. The van der Waals surface area contributed by atoms with Crippen LogP contribution in [0.3, 0.4) is 0 Å². The minimum atomic E-state index is -0.830. The summed E-state index contributed by atoms with van der Waals surface area (Å²) in [6.45, 7) is 0. The van der Waals surface area contributed by atoms with E-state index in [1.54, 1.807) is 20.2 Å². The maximum atomic E-state index is 13.9. The van der Waals surface area contributed by atoms with Gasteiger partial charge in [0.1, 0.15) is 5.75 Å². The molecule has 0 aliphatic carbocycles. The van der Waals surface area contributed by atoms with E-state index in [4.69, 9.17) is 4.74 Å². The molecule has 0 fully saturated rings. The maximum Gasteiger partial charge on any atom is 0.163 e. The second kappa shape index (κ2) is 7.00. The molecule has 0 bridgehead atoms. The van der Waals surface area contributed by atoms with Crippen LogP contribution in [-0.4, -0.2) is 14.2 Å². The van der Waals surface area contributed by atoms with Crippen LogP contribution in [0.5, 0.6) is 5.75 Å². The van der Waals surface area contributed by atoms with Crippen molar-refractivity contribution in [2.45, 2.75) is 12.5 Å². The molecule has 1 N–H and O–H groups in total. The van der Waals surface area contributed by atoms with E-state index in [9.17, 15) is 8.78 Å². The summed E-state index contributed by atoms with van der Waals surface area (Å²) < 4.78 is 33.3. The zero-order valence-electron chi connectivity index (χ0n) is 11.8. The van der Waals surface area contributed by atoms with E-state index in [-0.39, 0.29) is 6.04 Å². The lowest BCUT2D eigenvalue weighted by Gasteiger charge is -2.18. The third-order valence-corrected chi connectivity index (χ3v) is 3.98. The highest BCUT2D eigenvalue weighted by atomic mass is 79.9. The van der Waals surface area contributed by atoms with Crippen LogP contribution in [0.15, 0.2) is 40.9 Å². The molecule has 0 amide bonds. The van der Waals surface area contributed by atoms with Gasteiger partial charge >= 0.3 is 0 Å². The van der Waals surface area contributed by atoms with Crippen molar-refractivity contribution in [2.24, 2.45) is 0 Å². The van der Waals surface area contributed by atoms with Crippen LogP contribution in [0.2, 0.25) is 0 Å². The van der Waals surface area contributed by atoms with Gasteiger partial charge in [-0.3, -0.25) is 0 Å². The molecule has 21 heavy (non-hydrogen) atoms. The highest BCUT2D eigenvalue weighted by molar-refractivity contribution is 9.10. The second-order valence-electron chi connectivity index (χ2n) is 4.66. The van der Waals surface area contributed by atoms with E-state index < -0.39 is 11.6 Å². The average Bonchev–Trinajstić information content (AvgIpc) is 2.48. The Bertz CT molecular complexity index is 634. The first-order chi connectivity index (χ1) is 10.1. The smallest absolute Gasteiger partial charge is 0.163 e. The van der Waals surface area contributed by atoms with Crippen LogP contribution in [0.25, 0.3) is 0 Å². The van der Waals surface area contributed by atoms with Crippen LogP contribution >= 0.6 is 15.9 Å². The number of halogens is 3. The molecule has 2 rings (SSSR count). The Morgan fingerprint density at radius 2 is 2.00 bits per heavy atom. The first-order valence-electron chi connectivity index (χ1n) is 6.50. The molecule has 5 heteroatoms. The van der Waals surface area contributed by atoms with Crippen molar-refractivity contribution >= 4 is 15.9 Å². The van der Waals surface area contributed by atoms with Crippen molar-refractivity contribution in [3.8, 4) is 5.75 Å². The van der Waals surface area contributed by atoms with Gasteiger partial charge < -0.3 is 10.1 Å². The van der Waals surface area contributed by atoms with Crippen LogP contribution in [-0.2, 0) is 6.42 Å². The van der Waals surface area contributed by atoms with Crippen molar-refractivity contribution < 1.29 is 13.5 Å². The SMILES string of the molecule is CNC(Cc1ccc(OC)c(Br)c1)c1cccc(F)c1F. The minimum Gasteiger partial charge on any atom is -0.496 e. The van der Waals surface area contributed by atoms with Gasteiger partial charge in [-0.05, 0) is 53.2 Å². The lowest BCUT2D eigenvalue weighted by atomic mass is 9.98. The van der Waals surface area contributed by atoms with E-state index >= 15 is 0 Å². The Kier molecular flexibility index (Phi) is 5.31. The highest BCUT2D eigenvalue weighted by Crippen LogP contribution is 2.28. The summed E-state index contributed by atoms with van der Waals surface area (Å²) >= 11 is 3.42. The van der Waals surface area contributed by atoms with Crippen molar-refractivity contribution in [2.75, 3.05) is 14.2 Å². The monoisotopic (exact) mass is 355 g/mol. The minimum absolute atomic E-state index is 0.305. The quantitative estimate of drug-likeness (QED) is 0.865. The van der Waals surface area contributed by atoms with E-state index in [1.807, 2.05) is 18.2 Å². The lowest BCUT2D eigenvalue weighted by molar-refractivity contribution is 0.412. The zero-order chi connectivity index (χ0) is 15.4. The summed E-state index contributed by atoms with van der Waals surface area (Å²) in [6, 6.07) is 9.59. The van der Waals surface area contributed by atoms with Crippen molar-refractivity contribution in [3.05, 3.63) is 63.6 Å². The van der Waals surface area contributed by atoms with Crippen molar-refractivity contribution in [1.82, 2.24) is 5.32 Å². The fourth-order valence-corrected chi connectivity index (χ4v) is 2.82. The first-order valence-corrected chi connectivity index (χ1v) is 7.29. The molecule has 2 aromatic carbocycles. The number of hydrogen-bond donors (Lipinski definition) is 1. The fraction of sp³-hybridized carbons (Fsp3) is 0.250. The fourth-order valence-electron chi connectivity index (χ4n) is 2.23. The predicted molar refractivity (Wildman–Crippen MR) is 82.6 cm³/mol. The molecule has 0 aromatic heterocycles. The number of ether oxygens (including phenoxy) is 1. The molecule has 0 spiro atoms. The Hall–Kier alpha value is -1.46. The number of benzene rings is 2. The Morgan fingerprint density at radius 1 is 1.24 bits per heavy atom. The highest BCUT2D eigenvalue weighted by Gasteiger charge is 2.17. The molecule has 0 aliphatic rings. The van der Waals surface area contributed by atoms with Gasteiger partial charge in [0.25, 0.3) is 0 Å². The lowest BCUT2D eigenvalue weighted by Crippen LogP contribution is -2.20. The van der Waals surface area contributed by atoms with Gasteiger partial charge in [-0.2, -0.15) is 0 Å². The second-order valence-corrected chi connectivity index (χ2v) is 5.51. The third kappa shape index (κ3) is 3.60. The van der Waals surface area contributed by atoms with E-state index in [1.165, 1.54) is 6.07 Å². The van der Waals surface area contributed by atoms with Gasteiger partial charge in [0.15, 0.2) is 11.6 Å². The van der Waals surface area contributed by atoms with Gasteiger partial charge in [0.2, 0.25) is 0 Å². The molecule has 0 saturated carbocycles. The molecule has 1 unspecified atom stereocenters. The summed E-state index contributed by atoms with van der Waals surface area (Å²) in [7, 11) is 3.33. The number of hydrogen-bond acceptors (Lipinski definition) is 2. The van der Waals surface area contributed by atoms with Crippen molar-refractivity contribution in [1.29, 1.82) is 0 Å². The molecule has 0 radical (unpaired) electrons. The normalized spacial score (nSPS) is 12.2. The third-order valence-electron chi connectivity index (χ3n) is 3.36. The topological polar surface area (TPSA) is 21.3 Å². The van der Waals surface area contributed by atoms with Gasteiger partial charge in [-0.1, -0.05) is 18.2 Å². The summed E-state index contributed by atoms with van der Waals surface area (Å²) in [5, 5.41) is 3.03. The van der Waals surface area contributed by atoms with Crippen LogP contribution < -0.4 is 10.1 Å². The Balaban J connectivity index is 2.27. The number of methoxy groups -OCH3 is 1. The molecular formula is C16H16BrF2NO. The van der Waals surface area contributed by atoms with E-state index in [0.29, 0.717) is 12.0 Å². The molecule has 1 atom stereocenters. The van der Waals surface area contributed by atoms with Gasteiger partial charge in [-0.15, -0.1) is 0 Å². The van der Waals surface area contributed by atoms with Crippen LogP contribution in [0.1, 0.15) is 17.2 Å². The number of nitrogens with one attached hydrogen (secondary N) is 1. The van der Waals surface area contributed by atoms with Gasteiger partial charge in [0.05, 0.1) is 11.6 Å². The molecule has 0 saturated heterocycles. The van der Waals surface area contributed by atoms with E-state index in [0.717, 1.165) is 21.9 Å². The number of rotatable bonds is 5. The van der Waals surface area contributed by atoms with Crippen molar-refractivity contribution in [3.63, 3.8) is 0 Å². The molecule has 112 valence electrons. The molecule has 0 aliphatic heterocycles. The van der Waals surface area contributed by atoms with E-state index in [2.05, 4.69) is 21.2 Å². The molecular weight excluding hydrogens is 340 g/mol. The summed E-state index contributed by atoms with van der Waals surface area (Å²) in [4.78, 5) is 0. The van der Waals surface area contributed by atoms with Gasteiger partial charge in [0, 0.05) is 11.6 Å². The predicted octanol–water partition coefficient (Wildman–Crippen LogP) is 4.24. The summed E-state index contributed by atoms with van der Waals surface area (Å²) in [6.07, 6.45) is 0.541. The first kappa shape index (κ1) is 15.9. The van der Waals surface area contributed by atoms with Gasteiger partial charge in [-0.25, -0.2) is 8.78 Å². The summed E-state index contributed by atoms with van der Waals surface area (Å²) in [5.74, 6) is -0.898. The zero-order valence-corrected chi connectivity index (χ0v) is 13.4. The molecule has 2 aromatic rings. The summed E-state index contributed by atoms with van der Waals surface area (Å²) in [5.41, 5.74) is 1.31. The largest absolute Gasteiger partial charge is 0.496 e. The molecule has 0 heterocycles. The van der Waals surface area contributed by atoms with Crippen LogP contribution in [0, 0.1) is 11.6 Å². The Labute approximate surface area is 131 Å². The molecule has 2 nitrogen and oxygen atoms in total. The Morgan fingerprint density at radius 3 is 2.62 bits per heavy atom. The van der Waals surface area contributed by atoms with Crippen LogP contribution in [0.4, 0.5) is 8.78 Å². The maximum absolute atomic E-state index is 13.9.